The van der Waals surface area contributed by atoms with E-state index < -0.39 is 28.4 Å². The van der Waals surface area contributed by atoms with E-state index in [1.54, 1.807) is 11.0 Å². The molecule has 12 heteroatoms. The van der Waals surface area contributed by atoms with Gasteiger partial charge in [0.05, 0.1) is 10.9 Å². The van der Waals surface area contributed by atoms with E-state index in [-0.39, 0.29) is 36.3 Å². The number of carboxylic acids is 1. The highest BCUT2D eigenvalue weighted by molar-refractivity contribution is 7.91. The Morgan fingerprint density at radius 2 is 1.88 bits per heavy atom. The first-order chi connectivity index (χ1) is 10.8. The second kappa shape index (κ2) is 8.97. The Balaban J connectivity index is 0.00000288. The smallest absolute Gasteiger partial charge is 0.322 e. The second-order valence-electron chi connectivity index (χ2n) is 4.91. The minimum atomic E-state index is -3.55. The molecule has 8 nitrogen and oxygen atoms in total. The number of rotatable bonds is 6. The number of nitrogens with one attached hydrogen (secondary N) is 1. The number of hydrogen-bond acceptors (Lipinski definition) is 6. The number of amides is 1. The average Bonchev–Trinajstić information content (AvgIpc) is 2.93. The normalized spacial score (nSPS) is 16.4. The largest absolute Gasteiger partial charge is 0.480 e. The standard InChI is InChI=1S/C12H16ClN3O5S2.ClH/c13-9-1-2-12(22-9)23(20,21)16-5-3-15(4-6-16)8-10(17)14-7-11(18)19;/h1-2H,3-8H2,(H,14,17)(H,18,19);1H. The van der Waals surface area contributed by atoms with Gasteiger partial charge in [-0.1, -0.05) is 11.6 Å². The molecule has 1 fully saturated rings. The molecule has 1 saturated heterocycles. The first kappa shape index (κ1) is 21.1. The Morgan fingerprint density at radius 3 is 2.38 bits per heavy atom. The van der Waals surface area contributed by atoms with Crippen molar-refractivity contribution in [3.63, 3.8) is 0 Å². The molecule has 1 aliphatic rings. The minimum Gasteiger partial charge on any atom is -0.480 e. The number of carbonyl (C=O) groups excluding carboxylic acids is 1. The van der Waals surface area contributed by atoms with Gasteiger partial charge in [0.25, 0.3) is 10.0 Å². The van der Waals surface area contributed by atoms with Crippen LogP contribution in [0.4, 0.5) is 0 Å². The van der Waals surface area contributed by atoms with Gasteiger partial charge in [0.1, 0.15) is 10.8 Å². The zero-order valence-corrected chi connectivity index (χ0v) is 15.7. The third-order valence-electron chi connectivity index (χ3n) is 3.28. The van der Waals surface area contributed by atoms with Gasteiger partial charge >= 0.3 is 5.97 Å². The molecule has 0 spiro atoms. The third kappa shape index (κ3) is 5.57. The summed E-state index contributed by atoms with van der Waals surface area (Å²) in [6, 6.07) is 3.02. The predicted octanol–water partition coefficient (Wildman–Crippen LogP) is 0.330. The maximum absolute atomic E-state index is 12.4. The molecular formula is C12H17Cl2N3O5S2. The lowest BCUT2D eigenvalue weighted by molar-refractivity contribution is -0.138. The highest BCUT2D eigenvalue weighted by atomic mass is 35.5. The number of aliphatic carboxylic acids is 1. The van der Waals surface area contributed by atoms with Crippen molar-refractivity contribution >= 4 is 57.2 Å². The van der Waals surface area contributed by atoms with Gasteiger partial charge in [-0.3, -0.25) is 14.5 Å². The van der Waals surface area contributed by atoms with Crippen molar-refractivity contribution in [1.82, 2.24) is 14.5 Å². The lowest BCUT2D eigenvalue weighted by atomic mass is 10.3. The van der Waals surface area contributed by atoms with Crippen molar-refractivity contribution in [3.05, 3.63) is 16.5 Å². The Morgan fingerprint density at radius 1 is 1.25 bits per heavy atom. The first-order valence-electron chi connectivity index (χ1n) is 6.75. The van der Waals surface area contributed by atoms with E-state index >= 15 is 0 Å². The molecule has 2 heterocycles. The second-order valence-corrected chi connectivity index (χ2v) is 8.79. The number of piperazine rings is 1. The van der Waals surface area contributed by atoms with Crippen molar-refractivity contribution in [2.45, 2.75) is 4.21 Å². The maximum Gasteiger partial charge on any atom is 0.322 e. The summed E-state index contributed by atoms with van der Waals surface area (Å²) < 4.78 is 26.8. The van der Waals surface area contributed by atoms with Crippen LogP contribution in [0.2, 0.25) is 4.34 Å². The van der Waals surface area contributed by atoms with Crippen LogP contribution < -0.4 is 5.32 Å². The Bertz CT molecular complexity index is 687. The lowest BCUT2D eigenvalue weighted by Crippen LogP contribution is -2.51. The van der Waals surface area contributed by atoms with Crippen LogP contribution in [0.15, 0.2) is 16.3 Å². The molecule has 0 aliphatic carbocycles. The van der Waals surface area contributed by atoms with Crippen LogP contribution in [0.5, 0.6) is 0 Å². The van der Waals surface area contributed by atoms with Crippen molar-refractivity contribution in [2.75, 3.05) is 39.3 Å². The molecule has 1 aromatic heterocycles. The Kier molecular flexibility index (Phi) is 7.90. The zero-order valence-electron chi connectivity index (χ0n) is 12.5. The number of carboxylic acid groups (broad SMARTS) is 1. The fourth-order valence-electron chi connectivity index (χ4n) is 2.12. The predicted molar refractivity (Wildman–Crippen MR) is 92.4 cm³/mol. The molecule has 0 radical (unpaired) electrons. The van der Waals surface area contributed by atoms with Gasteiger partial charge in [0.15, 0.2) is 0 Å². The summed E-state index contributed by atoms with van der Waals surface area (Å²) in [5, 5.41) is 10.8. The summed E-state index contributed by atoms with van der Waals surface area (Å²) in [6.45, 7) is 0.962. The molecule has 1 aliphatic heterocycles. The molecular weight excluding hydrogens is 401 g/mol. The first-order valence-corrected chi connectivity index (χ1v) is 9.39. The molecule has 1 aromatic rings. The average molecular weight is 418 g/mol. The lowest BCUT2D eigenvalue weighted by Gasteiger charge is -2.33. The topological polar surface area (TPSA) is 107 Å². The minimum absolute atomic E-state index is 0. The number of hydrogen-bond donors (Lipinski definition) is 2. The fraction of sp³-hybridized carbons (Fsp3) is 0.500. The van der Waals surface area contributed by atoms with Gasteiger partial charge in [-0.25, -0.2) is 8.42 Å². The van der Waals surface area contributed by atoms with E-state index in [9.17, 15) is 18.0 Å². The summed E-state index contributed by atoms with van der Waals surface area (Å²) in [7, 11) is -3.55. The molecule has 0 bridgehead atoms. The maximum atomic E-state index is 12.4. The van der Waals surface area contributed by atoms with Crippen molar-refractivity contribution in [2.24, 2.45) is 0 Å². The number of thiophene rings is 1. The SMILES string of the molecule is Cl.O=C(O)CNC(=O)CN1CCN(S(=O)(=O)c2ccc(Cl)s2)CC1. The highest BCUT2D eigenvalue weighted by Crippen LogP contribution is 2.28. The van der Waals surface area contributed by atoms with E-state index in [4.69, 9.17) is 16.7 Å². The van der Waals surface area contributed by atoms with Crippen molar-refractivity contribution < 1.29 is 23.1 Å². The molecule has 0 atom stereocenters. The van der Waals surface area contributed by atoms with Gasteiger partial charge in [0.2, 0.25) is 5.91 Å². The molecule has 0 saturated carbocycles. The van der Waals surface area contributed by atoms with Crippen LogP contribution in [-0.4, -0.2) is 73.9 Å². The van der Waals surface area contributed by atoms with E-state index in [1.165, 1.54) is 10.4 Å². The molecule has 136 valence electrons. The van der Waals surface area contributed by atoms with E-state index in [0.29, 0.717) is 17.4 Å². The Hall–Kier alpha value is -0.910. The molecule has 24 heavy (non-hydrogen) atoms. The summed E-state index contributed by atoms with van der Waals surface area (Å²) in [4.78, 5) is 23.7. The third-order valence-corrected chi connectivity index (χ3v) is 6.88. The van der Waals surface area contributed by atoms with Gasteiger partial charge in [-0.15, -0.1) is 23.7 Å². The zero-order chi connectivity index (χ0) is 17.0. The van der Waals surface area contributed by atoms with Crippen LogP contribution in [0.1, 0.15) is 0 Å². The number of carbonyl (C=O) groups is 2. The van der Waals surface area contributed by atoms with Crippen molar-refractivity contribution in [3.8, 4) is 0 Å². The summed E-state index contributed by atoms with van der Waals surface area (Å²) in [5.74, 6) is -1.50. The molecule has 2 rings (SSSR count). The monoisotopic (exact) mass is 417 g/mol. The van der Waals surface area contributed by atoms with Gasteiger partial charge in [-0.2, -0.15) is 4.31 Å². The number of halogens is 2. The quantitative estimate of drug-likeness (QED) is 0.690. The van der Waals surface area contributed by atoms with E-state index in [2.05, 4.69) is 5.32 Å². The summed E-state index contributed by atoms with van der Waals surface area (Å²) in [5.41, 5.74) is 0. The van der Waals surface area contributed by atoms with Crippen LogP contribution in [0.25, 0.3) is 0 Å². The molecule has 1 amide bonds. The van der Waals surface area contributed by atoms with Crippen molar-refractivity contribution in [1.29, 1.82) is 0 Å². The van der Waals surface area contributed by atoms with E-state index in [1.807, 2.05) is 0 Å². The van der Waals surface area contributed by atoms with Crippen LogP contribution >= 0.6 is 35.3 Å². The molecule has 0 aromatic carbocycles. The highest BCUT2D eigenvalue weighted by Gasteiger charge is 2.30. The van der Waals surface area contributed by atoms with Crippen LogP contribution in [0.3, 0.4) is 0 Å². The number of nitrogens with zero attached hydrogens (tertiary/aromatic N) is 2. The van der Waals surface area contributed by atoms with Gasteiger partial charge in [0, 0.05) is 26.2 Å². The molecule has 2 N–H and O–H groups in total. The van der Waals surface area contributed by atoms with Gasteiger partial charge in [-0.05, 0) is 12.1 Å². The summed E-state index contributed by atoms with van der Waals surface area (Å²) in [6.07, 6.45) is 0. The van der Waals surface area contributed by atoms with E-state index in [0.717, 1.165) is 11.3 Å². The van der Waals surface area contributed by atoms with Crippen LogP contribution in [0, 0.1) is 0 Å². The molecule has 0 unspecified atom stereocenters. The van der Waals surface area contributed by atoms with Gasteiger partial charge < -0.3 is 10.4 Å². The number of sulfonamides is 1. The van der Waals surface area contributed by atoms with Crippen LogP contribution in [-0.2, 0) is 19.6 Å². The Labute approximate surface area is 154 Å². The fourth-order valence-corrected chi connectivity index (χ4v) is 5.18. The summed E-state index contributed by atoms with van der Waals surface area (Å²) >= 11 is 6.79.